The second-order valence-electron chi connectivity index (χ2n) is 5.54. The average molecular weight is 358 g/mol. The van der Waals surface area contributed by atoms with E-state index >= 15 is 0 Å². The normalized spacial score (nSPS) is 12.6. The fourth-order valence-electron chi connectivity index (χ4n) is 2.57. The van der Waals surface area contributed by atoms with Crippen LogP contribution in [0.1, 0.15) is 27.9 Å². The van der Waals surface area contributed by atoms with Gasteiger partial charge in [0.15, 0.2) is 0 Å². The predicted octanol–water partition coefficient (Wildman–Crippen LogP) is 4.04. The summed E-state index contributed by atoms with van der Waals surface area (Å²) in [5, 5.41) is 13.7. The van der Waals surface area contributed by atoms with Crippen LogP contribution in [-0.2, 0) is 4.79 Å². The number of rotatable bonds is 6. The Bertz CT molecular complexity index is 817. The molecule has 0 aliphatic carbocycles. The van der Waals surface area contributed by atoms with E-state index in [0.29, 0.717) is 6.54 Å². The van der Waals surface area contributed by atoms with E-state index < -0.39 is 0 Å². The molecule has 124 valence electrons. The van der Waals surface area contributed by atoms with Crippen molar-refractivity contribution in [3.8, 4) is 0 Å². The lowest BCUT2D eigenvalue weighted by molar-refractivity contribution is -0.116. The van der Waals surface area contributed by atoms with E-state index in [-0.39, 0.29) is 11.9 Å². The second-order valence-corrected chi connectivity index (χ2v) is 7.30. The van der Waals surface area contributed by atoms with Gasteiger partial charge in [-0.2, -0.15) is 16.4 Å². The summed E-state index contributed by atoms with van der Waals surface area (Å²) < 4.78 is 1.99. The number of nitrogens with zero attached hydrogens (tertiary/aromatic N) is 2. The highest BCUT2D eigenvalue weighted by molar-refractivity contribution is 7.10. The number of aryl methyl sites for hydroxylation is 2. The maximum atomic E-state index is 12.1. The van der Waals surface area contributed by atoms with Crippen LogP contribution >= 0.6 is 22.7 Å². The van der Waals surface area contributed by atoms with Crippen molar-refractivity contribution in [1.29, 1.82) is 0 Å². The second kappa shape index (κ2) is 7.59. The highest BCUT2D eigenvalue weighted by Gasteiger charge is 2.18. The van der Waals surface area contributed by atoms with E-state index in [1.54, 1.807) is 28.7 Å². The van der Waals surface area contributed by atoms with E-state index in [4.69, 9.17) is 0 Å². The van der Waals surface area contributed by atoms with E-state index in [1.807, 2.05) is 47.5 Å². The van der Waals surface area contributed by atoms with Gasteiger partial charge in [0.25, 0.3) is 0 Å². The smallest absolute Gasteiger partial charge is 0.244 e. The molecule has 0 spiro atoms. The molecule has 3 heterocycles. The van der Waals surface area contributed by atoms with Gasteiger partial charge in [0.2, 0.25) is 5.91 Å². The van der Waals surface area contributed by atoms with Gasteiger partial charge < -0.3 is 5.32 Å². The summed E-state index contributed by atoms with van der Waals surface area (Å²) in [5.74, 6) is -0.0924. The van der Waals surface area contributed by atoms with Gasteiger partial charge in [-0.3, -0.25) is 9.48 Å². The highest BCUT2D eigenvalue weighted by atomic mass is 32.1. The maximum Gasteiger partial charge on any atom is 0.244 e. The van der Waals surface area contributed by atoms with Crippen molar-refractivity contribution in [2.75, 3.05) is 6.54 Å². The molecule has 0 aliphatic heterocycles. The molecule has 3 aromatic rings. The number of hydrogen-bond acceptors (Lipinski definition) is 4. The lowest BCUT2D eigenvalue weighted by Crippen LogP contribution is -2.30. The van der Waals surface area contributed by atoms with E-state index in [1.165, 1.54) is 0 Å². The SMILES string of the molecule is Cc1cc(C)n(C(CNC(=O)C=Cc2cccs2)c2ccsc2)n1. The number of carbonyl (C=O) groups excluding carboxylic acids is 1. The zero-order valence-corrected chi connectivity index (χ0v) is 15.2. The van der Waals surface area contributed by atoms with Crippen LogP contribution in [0.4, 0.5) is 0 Å². The number of thiophene rings is 2. The molecular formula is C18H19N3OS2. The number of aromatic nitrogens is 2. The van der Waals surface area contributed by atoms with Crippen molar-refractivity contribution in [3.63, 3.8) is 0 Å². The molecule has 24 heavy (non-hydrogen) atoms. The standard InChI is InChI=1S/C18H19N3OS2/c1-13-10-14(2)21(20-13)17(15-7-9-23-12-15)11-19-18(22)6-5-16-4-3-8-24-16/h3-10,12,17H,11H2,1-2H3,(H,19,22). The molecule has 4 nitrogen and oxygen atoms in total. The number of nitrogens with one attached hydrogen (secondary N) is 1. The first-order valence-electron chi connectivity index (χ1n) is 7.68. The molecule has 1 atom stereocenters. The number of amides is 1. The van der Waals surface area contributed by atoms with Crippen LogP contribution in [0.5, 0.6) is 0 Å². The maximum absolute atomic E-state index is 12.1. The van der Waals surface area contributed by atoms with Crippen molar-refractivity contribution >= 4 is 34.7 Å². The van der Waals surface area contributed by atoms with Gasteiger partial charge in [-0.25, -0.2) is 0 Å². The van der Waals surface area contributed by atoms with Gasteiger partial charge in [-0.05, 0) is 59.8 Å². The third-order valence-corrected chi connectivity index (χ3v) is 5.22. The molecule has 6 heteroatoms. The lowest BCUT2D eigenvalue weighted by atomic mass is 10.1. The quantitative estimate of drug-likeness (QED) is 0.677. The van der Waals surface area contributed by atoms with E-state index in [2.05, 4.69) is 27.9 Å². The molecular weight excluding hydrogens is 338 g/mol. The fraction of sp³-hybridized carbons (Fsp3) is 0.222. The van der Waals surface area contributed by atoms with Crippen molar-refractivity contribution in [1.82, 2.24) is 15.1 Å². The minimum Gasteiger partial charge on any atom is -0.350 e. The molecule has 1 N–H and O–H groups in total. The summed E-state index contributed by atoms with van der Waals surface area (Å²) in [5.41, 5.74) is 3.23. The van der Waals surface area contributed by atoms with Gasteiger partial charge in [-0.1, -0.05) is 6.07 Å². The molecule has 0 radical (unpaired) electrons. The van der Waals surface area contributed by atoms with Crippen molar-refractivity contribution in [2.24, 2.45) is 0 Å². The van der Waals surface area contributed by atoms with E-state index in [0.717, 1.165) is 21.8 Å². The Morgan fingerprint density at radius 1 is 1.38 bits per heavy atom. The molecule has 0 aromatic carbocycles. The van der Waals surface area contributed by atoms with Crippen LogP contribution in [0.25, 0.3) is 6.08 Å². The van der Waals surface area contributed by atoms with Gasteiger partial charge in [0.05, 0.1) is 11.7 Å². The summed E-state index contributed by atoms with van der Waals surface area (Å²) in [4.78, 5) is 13.2. The summed E-state index contributed by atoms with van der Waals surface area (Å²) in [6.07, 6.45) is 3.42. The zero-order chi connectivity index (χ0) is 16.9. The van der Waals surface area contributed by atoms with Crippen LogP contribution in [0.3, 0.4) is 0 Å². The van der Waals surface area contributed by atoms with Gasteiger partial charge >= 0.3 is 0 Å². The molecule has 1 unspecified atom stereocenters. The minimum atomic E-state index is -0.0924. The third-order valence-electron chi connectivity index (χ3n) is 3.68. The topological polar surface area (TPSA) is 46.9 Å². The summed E-state index contributed by atoms with van der Waals surface area (Å²) in [7, 11) is 0. The molecule has 0 fully saturated rings. The van der Waals surface area contributed by atoms with Crippen molar-refractivity contribution < 1.29 is 4.79 Å². The molecule has 1 amide bonds. The van der Waals surface area contributed by atoms with Crippen LogP contribution in [-0.4, -0.2) is 22.2 Å². The first-order valence-corrected chi connectivity index (χ1v) is 9.50. The number of carbonyl (C=O) groups is 1. The van der Waals surface area contributed by atoms with Crippen LogP contribution < -0.4 is 5.32 Å². The van der Waals surface area contributed by atoms with Gasteiger partial charge in [0.1, 0.15) is 0 Å². The van der Waals surface area contributed by atoms with Crippen LogP contribution in [0.2, 0.25) is 0 Å². The predicted molar refractivity (Wildman–Crippen MR) is 101 cm³/mol. The Labute approximate surface area is 149 Å². The van der Waals surface area contributed by atoms with Gasteiger partial charge in [0, 0.05) is 23.2 Å². The Morgan fingerprint density at radius 2 is 2.25 bits per heavy atom. The first-order chi connectivity index (χ1) is 11.6. The molecule has 0 saturated carbocycles. The van der Waals surface area contributed by atoms with Gasteiger partial charge in [-0.15, -0.1) is 11.3 Å². The molecule has 0 aliphatic rings. The Balaban J connectivity index is 1.71. The Morgan fingerprint density at radius 3 is 2.88 bits per heavy atom. The van der Waals surface area contributed by atoms with Crippen LogP contribution in [0, 0.1) is 13.8 Å². The highest BCUT2D eigenvalue weighted by Crippen LogP contribution is 2.22. The molecule has 0 saturated heterocycles. The van der Waals surface area contributed by atoms with Crippen molar-refractivity contribution in [2.45, 2.75) is 19.9 Å². The Kier molecular flexibility index (Phi) is 5.27. The fourth-order valence-corrected chi connectivity index (χ4v) is 3.90. The summed E-state index contributed by atoms with van der Waals surface area (Å²) in [6.45, 7) is 4.53. The zero-order valence-electron chi connectivity index (χ0n) is 13.6. The van der Waals surface area contributed by atoms with Crippen LogP contribution in [0.15, 0.2) is 46.5 Å². The summed E-state index contributed by atoms with van der Waals surface area (Å²) in [6, 6.07) is 8.09. The summed E-state index contributed by atoms with van der Waals surface area (Å²) >= 11 is 3.26. The molecule has 3 aromatic heterocycles. The minimum absolute atomic E-state index is 0.00374. The molecule has 3 rings (SSSR count). The molecule has 0 bridgehead atoms. The van der Waals surface area contributed by atoms with E-state index in [9.17, 15) is 4.79 Å². The average Bonchev–Trinajstić information content (AvgIpc) is 3.29. The number of hydrogen-bond donors (Lipinski definition) is 1. The first kappa shape index (κ1) is 16.7. The third kappa shape index (κ3) is 4.01. The largest absolute Gasteiger partial charge is 0.350 e. The lowest BCUT2D eigenvalue weighted by Gasteiger charge is -2.18. The monoisotopic (exact) mass is 357 g/mol. The van der Waals surface area contributed by atoms with Crippen molar-refractivity contribution in [3.05, 3.63) is 68.3 Å². The Hall–Kier alpha value is -2.18.